The van der Waals surface area contributed by atoms with E-state index in [1.54, 1.807) is 0 Å². The van der Waals surface area contributed by atoms with Gasteiger partial charge in [0.2, 0.25) is 0 Å². The molecule has 0 saturated heterocycles. The van der Waals surface area contributed by atoms with Crippen LogP contribution in [0.25, 0.3) is 0 Å². The second-order valence-electron chi connectivity index (χ2n) is 6.62. The van der Waals surface area contributed by atoms with Crippen LogP contribution in [0.15, 0.2) is 0 Å². The van der Waals surface area contributed by atoms with E-state index in [1.807, 2.05) is 0 Å². The Labute approximate surface area is 141 Å². The first kappa shape index (κ1) is 22.2. The minimum atomic E-state index is -0.992. The van der Waals surface area contributed by atoms with Crippen LogP contribution < -0.4 is 0 Å². The first-order chi connectivity index (χ1) is 10.9. The van der Waals surface area contributed by atoms with Crippen LogP contribution in [0.3, 0.4) is 0 Å². The molecule has 0 aliphatic carbocycles. The van der Waals surface area contributed by atoms with E-state index in [0.717, 1.165) is 6.42 Å². The van der Waals surface area contributed by atoms with Crippen molar-refractivity contribution in [1.82, 2.24) is 0 Å². The van der Waals surface area contributed by atoms with Gasteiger partial charge in [-0.1, -0.05) is 110 Å². The van der Waals surface area contributed by atoms with E-state index in [-0.39, 0.29) is 0 Å². The van der Waals surface area contributed by atoms with Gasteiger partial charge in [-0.05, 0) is 6.42 Å². The molecule has 0 radical (unpaired) electrons. The Morgan fingerprint density at radius 1 is 0.545 bits per heavy atom. The van der Waals surface area contributed by atoms with E-state index in [2.05, 4.69) is 6.92 Å². The minimum Gasteiger partial charge on any atom is -0.332 e. The lowest BCUT2D eigenvalue weighted by molar-refractivity contribution is 0.328. The molecule has 1 unspecified atom stereocenters. The van der Waals surface area contributed by atoms with Gasteiger partial charge in [-0.15, -0.1) is 0 Å². The molecule has 0 aliphatic heterocycles. The Morgan fingerprint density at radius 2 is 0.864 bits per heavy atom. The van der Waals surface area contributed by atoms with Gasteiger partial charge in [-0.2, -0.15) is 0 Å². The van der Waals surface area contributed by atoms with Crippen LogP contribution in [0.4, 0.5) is 0 Å². The second-order valence-corrected chi connectivity index (χ2v) is 7.15. The SMILES string of the molecule is CCCCCCCCCCCCCCCCCCCO[PH2]=O. The normalized spacial score (nSPS) is 11.7. The molecule has 0 bridgehead atoms. The zero-order chi connectivity index (χ0) is 16.1. The summed E-state index contributed by atoms with van der Waals surface area (Å²) in [6, 6.07) is 0. The van der Waals surface area contributed by atoms with Gasteiger partial charge in [0.15, 0.2) is 8.69 Å². The van der Waals surface area contributed by atoms with Gasteiger partial charge < -0.3 is 4.52 Å². The van der Waals surface area contributed by atoms with Gasteiger partial charge in [-0.3, -0.25) is 4.57 Å². The summed E-state index contributed by atoms with van der Waals surface area (Å²) in [5.74, 6) is 0. The molecule has 0 N–H and O–H groups in total. The highest BCUT2D eigenvalue weighted by Crippen LogP contribution is 2.14. The minimum absolute atomic E-state index is 0.692. The van der Waals surface area contributed by atoms with Crippen LogP contribution in [0.5, 0.6) is 0 Å². The van der Waals surface area contributed by atoms with Gasteiger partial charge in [0.1, 0.15) is 0 Å². The number of unbranched alkanes of at least 4 members (excludes halogenated alkanes) is 16. The third-order valence-corrected chi connectivity index (χ3v) is 4.81. The maximum Gasteiger partial charge on any atom is 0.179 e. The van der Waals surface area contributed by atoms with Crippen LogP contribution in [0, 0.1) is 0 Å². The fraction of sp³-hybridized carbons (Fsp3) is 1.00. The molecule has 134 valence electrons. The Hall–Kier alpha value is 0.190. The first-order valence-corrected chi connectivity index (χ1v) is 10.9. The van der Waals surface area contributed by atoms with Crippen molar-refractivity contribution in [3.05, 3.63) is 0 Å². The van der Waals surface area contributed by atoms with Crippen LogP contribution in [-0.4, -0.2) is 6.61 Å². The maximum absolute atomic E-state index is 10.2. The Morgan fingerprint density at radius 3 is 1.18 bits per heavy atom. The van der Waals surface area contributed by atoms with Crippen molar-refractivity contribution < 1.29 is 9.09 Å². The monoisotopic (exact) mass is 332 g/mol. The van der Waals surface area contributed by atoms with Gasteiger partial charge in [0.25, 0.3) is 0 Å². The topological polar surface area (TPSA) is 26.3 Å². The summed E-state index contributed by atoms with van der Waals surface area (Å²) in [5.41, 5.74) is 0. The summed E-state index contributed by atoms with van der Waals surface area (Å²) < 4.78 is 15.0. The molecule has 0 heterocycles. The molecule has 0 aliphatic rings. The molecular formula is C19H41O2P. The lowest BCUT2D eigenvalue weighted by atomic mass is 10.0. The second kappa shape index (κ2) is 21.2. The molecular weight excluding hydrogens is 291 g/mol. The van der Waals surface area contributed by atoms with E-state index >= 15 is 0 Å². The zero-order valence-corrected chi connectivity index (χ0v) is 16.3. The highest BCUT2D eigenvalue weighted by Gasteiger charge is 1.94. The lowest BCUT2D eigenvalue weighted by Crippen LogP contribution is -1.86. The van der Waals surface area contributed by atoms with Gasteiger partial charge in [0.05, 0.1) is 6.61 Å². The molecule has 0 aromatic heterocycles. The summed E-state index contributed by atoms with van der Waals surface area (Å²) in [5, 5.41) is 0. The van der Waals surface area contributed by atoms with Crippen molar-refractivity contribution in [3.8, 4) is 0 Å². The Balaban J connectivity index is 2.92. The van der Waals surface area contributed by atoms with Crippen molar-refractivity contribution in [3.63, 3.8) is 0 Å². The third-order valence-electron chi connectivity index (χ3n) is 4.43. The standard InChI is InChI=1S/C19H41O2P/c1-2-3-4-5-6-7-8-9-10-11-12-13-14-15-16-17-18-19-21-22-20/h2-19,22H2,1H3. The van der Waals surface area contributed by atoms with Gasteiger partial charge in [0, 0.05) is 0 Å². The predicted octanol–water partition coefficient (Wildman–Crippen LogP) is 7.33. The maximum atomic E-state index is 10.2. The molecule has 0 amide bonds. The van der Waals surface area contributed by atoms with Crippen molar-refractivity contribution in [1.29, 1.82) is 0 Å². The molecule has 0 aromatic rings. The summed E-state index contributed by atoms with van der Waals surface area (Å²) >= 11 is 0. The molecule has 1 atom stereocenters. The van der Waals surface area contributed by atoms with E-state index in [1.165, 1.54) is 103 Å². The first-order valence-electron chi connectivity index (χ1n) is 9.97. The Kier molecular flexibility index (Phi) is 21.4. The lowest BCUT2D eigenvalue weighted by Gasteiger charge is -2.03. The number of rotatable bonds is 19. The summed E-state index contributed by atoms with van der Waals surface area (Å²) in [6.45, 7) is 2.98. The summed E-state index contributed by atoms with van der Waals surface area (Å²) in [6.07, 6.45) is 23.6. The van der Waals surface area contributed by atoms with Crippen LogP contribution >= 0.6 is 8.69 Å². The molecule has 2 nitrogen and oxygen atoms in total. The van der Waals surface area contributed by atoms with E-state index in [0.29, 0.717) is 6.61 Å². The quantitative estimate of drug-likeness (QED) is 0.183. The number of hydrogen-bond acceptors (Lipinski definition) is 2. The molecule has 0 saturated carbocycles. The predicted molar refractivity (Wildman–Crippen MR) is 101 cm³/mol. The Bertz CT molecular complexity index is 210. The summed E-state index contributed by atoms with van der Waals surface area (Å²) in [7, 11) is -0.992. The average Bonchev–Trinajstić information content (AvgIpc) is 2.54. The zero-order valence-electron chi connectivity index (χ0n) is 15.1. The third kappa shape index (κ3) is 20.2. The number of hydrogen-bond donors (Lipinski definition) is 0. The molecule has 3 heteroatoms. The van der Waals surface area contributed by atoms with Crippen LogP contribution in [0.1, 0.15) is 116 Å². The van der Waals surface area contributed by atoms with Gasteiger partial charge in [-0.25, -0.2) is 0 Å². The van der Waals surface area contributed by atoms with Crippen molar-refractivity contribution in [2.75, 3.05) is 6.61 Å². The molecule has 0 aromatic carbocycles. The fourth-order valence-corrected chi connectivity index (χ4v) is 3.22. The van der Waals surface area contributed by atoms with E-state index in [4.69, 9.17) is 4.52 Å². The van der Waals surface area contributed by atoms with Crippen LogP contribution in [-0.2, 0) is 9.09 Å². The molecule has 0 spiro atoms. The molecule has 0 rings (SSSR count). The smallest absolute Gasteiger partial charge is 0.179 e. The highest BCUT2D eigenvalue weighted by molar-refractivity contribution is 7.17. The average molecular weight is 333 g/mol. The van der Waals surface area contributed by atoms with Gasteiger partial charge >= 0.3 is 0 Å². The van der Waals surface area contributed by atoms with Crippen LogP contribution in [0.2, 0.25) is 0 Å². The van der Waals surface area contributed by atoms with Crippen molar-refractivity contribution in [2.45, 2.75) is 116 Å². The van der Waals surface area contributed by atoms with E-state index in [9.17, 15) is 4.57 Å². The molecule has 0 fully saturated rings. The van der Waals surface area contributed by atoms with Crippen molar-refractivity contribution >= 4 is 8.69 Å². The largest absolute Gasteiger partial charge is 0.332 e. The van der Waals surface area contributed by atoms with E-state index < -0.39 is 8.69 Å². The van der Waals surface area contributed by atoms with Crippen molar-refractivity contribution in [2.24, 2.45) is 0 Å². The fourth-order valence-electron chi connectivity index (χ4n) is 2.96. The summed E-state index contributed by atoms with van der Waals surface area (Å²) in [4.78, 5) is 0. The highest BCUT2D eigenvalue weighted by atomic mass is 31.1. The molecule has 22 heavy (non-hydrogen) atoms.